The van der Waals surface area contributed by atoms with E-state index in [2.05, 4.69) is 26.6 Å². The first-order valence-corrected chi connectivity index (χ1v) is 8.26. The van der Waals surface area contributed by atoms with Crippen molar-refractivity contribution in [1.82, 2.24) is 5.32 Å². The maximum absolute atomic E-state index is 12.5. The average molecular weight is 391 g/mol. The Bertz CT molecular complexity index is 747. The summed E-state index contributed by atoms with van der Waals surface area (Å²) in [5, 5.41) is 5.57. The quantitative estimate of drug-likeness (QED) is 0.742. The van der Waals surface area contributed by atoms with Crippen LogP contribution in [0.5, 0.6) is 0 Å². The number of rotatable bonds is 6. The van der Waals surface area contributed by atoms with Crippen molar-refractivity contribution in [2.24, 2.45) is 0 Å². The van der Waals surface area contributed by atoms with E-state index < -0.39 is 0 Å². The van der Waals surface area contributed by atoms with Crippen LogP contribution in [0.25, 0.3) is 0 Å². The monoisotopic (exact) mass is 390 g/mol. The number of benzene rings is 2. The first-order valence-electron chi connectivity index (χ1n) is 7.46. The zero-order valence-corrected chi connectivity index (χ0v) is 15.1. The van der Waals surface area contributed by atoms with Crippen molar-refractivity contribution in [3.05, 3.63) is 63.6 Å². The first-order chi connectivity index (χ1) is 11.5. The minimum absolute atomic E-state index is 0.253. The van der Waals surface area contributed by atoms with Gasteiger partial charge in [0.15, 0.2) is 0 Å². The molecule has 0 atom stereocenters. The SMILES string of the molecule is COCCNC(=O)c1ccc(Br)cc1NC(=O)c1ccccc1C. The van der Waals surface area contributed by atoms with Crippen molar-refractivity contribution in [2.45, 2.75) is 6.92 Å². The average Bonchev–Trinajstić information content (AvgIpc) is 2.55. The summed E-state index contributed by atoms with van der Waals surface area (Å²) in [4.78, 5) is 24.8. The molecular weight excluding hydrogens is 372 g/mol. The van der Waals surface area contributed by atoms with E-state index in [0.717, 1.165) is 10.0 Å². The number of hydrogen-bond donors (Lipinski definition) is 2. The second kappa shape index (κ2) is 8.61. The van der Waals surface area contributed by atoms with Gasteiger partial charge in [0.05, 0.1) is 17.9 Å². The summed E-state index contributed by atoms with van der Waals surface area (Å²) in [6, 6.07) is 12.4. The van der Waals surface area contributed by atoms with Gasteiger partial charge in [-0.2, -0.15) is 0 Å². The third-order valence-electron chi connectivity index (χ3n) is 3.46. The van der Waals surface area contributed by atoms with Gasteiger partial charge in [-0.25, -0.2) is 0 Å². The molecule has 0 unspecified atom stereocenters. The highest BCUT2D eigenvalue weighted by Gasteiger charge is 2.15. The molecule has 0 bridgehead atoms. The molecule has 0 saturated heterocycles. The van der Waals surface area contributed by atoms with Crippen LogP contribution in [0.15, 0.2) is 46.9 Å². The van der Waals surface area contributed by atoms with Crippen molar-refractivity contribution in [1.29, 1.82) is 0 Å². The predicted molar refractivity (Wildman–Crippen MR) is 97.5 cm³/mol. The Morgan fingerprint density at radius 1 is 1.08 bits per heavy atom. The van der Waals surface area contributed by atoms with Gasteiger partial charge in [-0.1, -0.05) is 34.1 Å². The van der Waals surface area contributed by atoms with Crippen molar-refractivity contribution >= 4 is 33.4 Å². The number of ether oxygens (including phenoxy) is 1. The molecule has 2 amide bonds. The molecule has 0 aliphatic carbocycles. The van der Waals surface area contributed by atoms with Crippen molar-refractivity contribution in [2.75, 3.05) is 25.6 Å². The topological polar surface area (TPSA) is 67.4 Å². The molecule has 2 aromatic rings. The molecular formula is C18H19BrN2O3. The standard InChI is InChI=1S/C18H19BrN2O3/c1-12-5-3-4-6-14(12)18(23)21-16-11-13(19)7-8-15(16)17(22)20-9-10-24-2/h3-8,11H,9-10H2,1-2H3,(H,20,22)(H,21,23). The molecule has 0 aliphatic rings. The number of amides is 2. The van der Waals surface area contributed by atoms with Gasteiger partial charge in [-0.3, -0.25) is 9.59 Å². The van der Waals surface area contributed by atoms with Crippen molar-refractivity contribution in [3.8, 4) is 0 Å². The van der Waals surface area contributed by atoms with Gasteiger partial charge in [0.1, 0.15) is 0 Å². The maximum Gasteiger partial charge on any atom is 0.255 e. The zero-order valence-electron chi connectivity index (χ0n) is 13.6. The van der Waals surface area contributed by atoms with Crippen LogP contribution >= 0.6 is 15.9 Å². The van der Waals surface area contributed by atoms with Gasteiger partial charge < -0.3 is 15.4 Å². The molecule has 126 valence electrons. The summed E-state index contributed by atoms with van der Waals surface area (Å²) < 4.78 is 5.70. The third-order valence-corrected chi connectivity index (χ3v) is 3.95. The summed E-state index contributed by atoms with van der Waals surface area (Å²) in [7, 11) is 1.57. The van der Waals surface area contributed by atoms with Crippen LogP contribution < -0.4 is 10.6 Å². The Morgan fingerprint density at radius 3 is 2.54 bits per heavy atom. The van der Waals surface area contributed by atoms with E-state index in [9.17, 15) is 9.59 Å². The molecule has 0 heterocycles. The minimum Gasteiger partial charge on any atom is -0.383 e. The number of methoxy groups -OCH3 is 1. The van der Waals surface area contributed by atoms with Crippen LogP contribution in [0, 0.1) is 6.92 Å². The molecule has 6 heteroatoms. The van der Waals surface area contributed by atoms with E-state index in [0.29, 0.717) is 30.0 Å². The molecule has 2 rings (SSSR count). The lowest BCUT2D eigenvalue weighted by atomic mass is 10.1. The Kier molecular flexibility index (Phi) is 6.52. The van der Waals surface area contributed by atoms with E-state index in [1.165, 1.54) is 0 Å². The van der Waals surface area contributed by atoms with E-state index in [1.54, 1.807) is 37.4 Å². The van der Waals surface area contributed by atoms with Crippen LogP contribution in [0.1, 0.15) is 26.3 Å². The number of carbonyl (C=O) groups excluding carboxylic acids is 2. The minimum atomic E-state index is -0.264. The molecule has 2 aromatic carbocycles. The van der Waals surface area contributed by atoms with Crippen LogP contribution in [-0.4, -0.2) is 32.1 Å². The number of anilines is 1. The zero-order chi connectivity index (χ0) is 17.5. The number of nitrogens with one attached hydrogen (secondary N) is 2. The van der Waals surface area contributed by atoms with E-state index in [4.69, 9.17) is 4.74 Å². The number of halogens is 1. The lowest BCUT2D eigenvalue weighted by Crippen LogP contribution is -2.28. The van der Waals surface area contributed by atoms with Gasteiger partial charge in [0.25, 0.3) is 11.8 Å². The van der Waals surface area contributed by atoms with E-state index in [1.807, 2.05) is 19.1 Å². The molecule has 5 nitrogen and oxygen atoms in total. The third kappa shape index (κ3) is 4.66. The highest BCUT2D eigenvalue weighted by molar-refractivity contribution is 9.10. The summed E-state index contributed by atoms with van der Waals surface area (Å²) >= 11 is 3.37. The summed E-state index contributed by atoms with van der Waals surface area (Å²) in [6.07, 6.45) is 0. The van der Waals surface area contributed by atoms with Gasteiger partial charge in [0.2, 0.25) is 0 Å². The molecule has 0 fully saturated rings. The fraction of sp³-hybridized carbons (Fsp3) is 0.222. The van der Waals surface area contributed by atoms with Gasteiger partial charge >= 0.3 is 0 Å². The highest BCUT2D eigenvalue weighted by atomic mass is 79.9. The lowest BCUT2D eigenvalue weighted by molar-refractivity contribution is 0.0938. The fourth-order valence-electron chi connectivity index (χ4n) is 2.20. The second-order valence-electron chi connectivity index (χ2n) is 5.21. The largest absolute Gasteiger partial charge is 0.383 e. The van der Waals surface area contributed by atoms with E-state index >= 15 is 0 Å². The Hall–Kier alpha value is -2.18. The molecule has 0 aromatic heterocycles. The molecule has 0 saturated carbocycles. The Labute approximate surface area is 149 Å². The van der Waals surface area contributed by atoms with Crippen LogP contribution in [0.4, 0.5) is 5.69 Å². The fourth-order valence-corrected chi connectivity index (χ4v) is 2.56. The number of aryl methyl sites for hydroxylation is 1. The summed E-state index contributed by atoms with van der Waals surface area (Å²) in [5.74, 6) is -0.517. The first kappa shape index (κ1) is 18.2. The summed E-state index contributed by atoms with van der Waals surface area (Å²) in [5.41, 5.74) is 2.29. The molecule has 0 spiro atoms. The molecule has 2 N–H and O–H groups in total. The van der Waals surface area contributed by atoms with Crippen molar-refractivity contribution < 1.29 is 14.3 Å². The smallest absolute Gasteiger partial charge is 0.255 e. The van der Waals surface area contributed by atoms with Gasteiger partial charge in [-0.15, -0.1) is 0 Å². The van der Waals surface area contributed by atoms with Crippen LogP contribution in [-0.2, 0) is 4.74 Å². The van der Waals surface area contributed by atoms with Crippen LogP contribution in [0.3, 0.4) is 0 Å². The van der Waals surface area contributed by atoms with Gasteiger partial charge in [-0.05, 0) is 36.8 Å². The van der Waals surface area contributed by atoms with Crippen molar-refractivity contribution in [3.63, 3.8) is 0 Å². The number of carbonyl (C=O) groups is 2. The maximum atomic E-state index is 12.5. The predicted octanol–water partition coefficient (Wildman–Crippen LogP) is 3.39. The molecule has 0 aliphatic heterocycles. The molecule has 24 heavy (non-hydrogen) atoms. The highest BCUT2D eigenvalue weighted by Crippen LogP contribution is 2.22. The van der Waals surface area contributed by atoms with E-state index in [-0.39, 0.29) is 11.8 Å². The Morgan fingerprint density at radius 2 is 1.83 bits per heavy atom. The number of hydrogen-bond acceptors (Lipinski definition) is 3. The lowest BCUT2D eigenvalue weighted by Gasteiger charge is -2.13. The normalized spacial score (nSPS) is 10.3. The van der Waals surface area contributed by atoms with Crippen LogP contribution in [0.2, 0.25) is 0 Å². The Balaban J connectivity index is 2.23. The second-order valence-corrected chi connectivity index (χ2v) is 6.12. The van der Waals surface area contributed by atoms with Gasteiger partial charge in [0, 0.05) is 23.7 Å². The molecule has 0 radical (unpaired) electrons. The summed E-state index contributed by atoms with van der Waals surface area (Å²) in [6.45, 7) is 2.69.